The summed E-state index contributed by atoms with van der Waals surface area (Å²) < 4.78 is 0. The predicted molar refractivity (Wildman–Crippen MR) is 89.4 cm³/mol. The summed E-state index contributed by atoms with van der Waals surface area (Å²) in [4.78, 5) is 4.88. The SMILES string of the molecule is CCCCCNC1=Nc2ccccc2Cc2ccccc21. The molecule has 1 N–H and O–H groups in total. The largest absolute Gasteiger partial charge is 0.370 e. The number of unbranched alkanes of at least 4 members (excludes halogenated alkanes) is 2. The van der Waals surface area contributed by atoms with Crippen molar-refractivity contribution in [3.63, 3.8) is 0 Å². The maximum Gasteiger partial charge on any atom is 0.134 e. The Hall–Kier alpha value is -2.09. The van der Waals surface area contributed by atoms with Gasteiger partial charge in [0.1, 0.15) is 5.84 Å². The molecular weight excluding hydrogens is 256 g/mol. The van der Waals surface area contributed by atoms with Gasteiger partial charge in [-0.3, -0.25) is 0 Å². The van der Waals surface area contributed by atoms with Crippen LogP contribution in [-0.2, 0) is 6.42 Å². The van der Waals surface area contributed by atoms with Crippen LogP contribution < -0.4 is 5.32 Å². The molecule has 1 aliphatic rings. The van der Waals surface area contributed by atoms with Crippen molar-refractivity contribution in [2.45, 2.75) is 32.6 Å². The van der Waals surface area contributed by atoms with E-state index in [4.69, 9.17) is 4.99 Å². The van der Waals surface area contributed by atoms with Gasteiger partial charge in [0.25, 0.3) is 0 Å². The predicted octanol–water partition coefficient (Wildman–Crippen LogP) is 4.45. The number of hydrogen-bond donors (Lipinski definition) is 1. The van der Waals surface area contributed by atoms with Crippen LogP contribution in [0.1, 0.15) is 42.9 Å². The molecule has 0 aromatic heterocycles. The van der Waals surface area contributed by atoms with Gasteiger partial charge in [0.05, 0.1) is 5.69 Å². The highest BCUT2D eigenvalue weighted by Gasteiger charge is 2.15. The summed E-state index contributed by atoms with van der Waals surface area (Å²) in [6.07, 6.45) is 4.65. The van der Waals surface area contributed by atoms with Crippen molar-refractivity contribution in [1.82, 2.24) is 5.32 Å². The fourth-order valence-electron chi connectivity index (χ4n) is 2.78. The van der Waals surface area contributed by atoms with Crippen molar-refractivity contribution in [2.75, 3.05) is 6.54 Å². The van der Waals surface area contributed by atoms with Crippen molar-refractivity contribution in [3.05, 3.63) is 65.2 Å². The molecule has 1 aliphatic heterocycles. The average molecular weight is 278 g/mol. The maximum atomic E-state index is 4.88. The topological polar surface area (TPSA) is 24.4 Å². The van der Waals surface area contributed by atoms with Gasteiger partial charge in [-0.25, -0.2) is 4.99 Å². The van der Waals surface area contributed by atoms with E-state index in [1.165, 1.54) is 36.0 Å². The third-order valence-corrected chi connectivity index (χ3v) is 3.95. The quantitative estimate of drug-likeness (QED) is 0.821. The lowest BCUT2D eigenvalue weighted by Crippen LogP contribution is -2.26. The maximum absolute atomic E-state index is 4.88. The third kappa shape index (κ3) is 3.15. The number of para-hydroxylation sites is 1. The zero-order valence-electron chi connectivity index (χ0n) is 12.6. The molecule has 0 spiro atoms. The molecule has 0 saturated carbocycles. The molecule has 0 atom stereocenters. The van der Waals surface area contributed by atoms with Crippen LogP contribution in [0.25, 0.3) is 0 Å². The number of nitrogens with one attached hydrogen (secondary N) is 1. The second-order valence-corrected chi connectivity index (χ2v) is 5.56. The minimum Gasteiger partial charge on any atom is -0.370 e. The molecule has 1 heterocycles. The average Bonchev–Trinajstić information content (AvgIpc) is 2.68. The third-order valence-electron chi connectivity index (χ3n) is 3.95. The molecule has 0 unspecified atom stereocenters. The van der Waals surface area contributed by atoms with Gasteiger partial charge in [-0.05, 0) is 23.6 Å². The molecule has 0 radical (unpaired) electrons. The molecule has 0 bridgehead atoms. The summed E-state index contributed by atoms with van der Waals surface area (Å²) in [7, 11) is 0. The minimum atomic E-state index is 0.954. The zero-order valence-corrected chi connectivity index (χ0v) is 12.6. The fourth-order valence-corrected chi connectivity index (χ4v) is 2.78. The summed E-state index contributed by atoms with van der Waals surface area (Å²) in [5.41, 5.74) is 4.98. The van der Waals surface area contributed by atoms with Gasteiger partial charge in [0.15, 0.2) is 0 Å². The second kappa shape index (κ2) is 6.57. The molecular formula is C19H22N2. The smallest absolute Gasteiger partial charge is 0.134 e. The summed E-state index contributed by atoms with van der Waals surface area (Å²) in [6.45, 7) is 3.22. The van der Waals surface area contributed by atoms with Crippen LogP contribution in [0.2, 0.25) is 0 Å². The molecule has 2 aromatic carbocycles. The number of amidine groups is 1. The number of hydrogen-bond acceptors (Lipinski definition) is 2. The molecule has 2 heteroatoms. The van der Waals surface area contributed by atoms with E-state index in [2.05, 4.69) is 60.8 Å². The molecule has 0 amide bonds. The highest BCUT2D eigenvalue weighted by Crippen LogP contribution is 2.27. The van der Waals surface area contributed by atoms with Crippen molar-refractivity contribution in [1.29, 1.82) is 0 Å². The molecule has 108 valence electrons. The lowest BCUT2D eigenvalue weighted by atomic mass is 10.00. The van der Waals surface area contributed by atoms with Crippen molar-refractivity contribution >= 4 is 11.5 Å². The van der Waals surface area contributed by atoms with Crippen LogP contribution in [0.15, 0.2) is 53.5 Å². The molecule has 2 aromatic rings. The molecule has 21 heavy (non-hydrogen) atoms. The Morgan fingerprint density at radius 3 is 2.57 bits per heavy atom. The molecule has 3 rings (SSSR count). The van der Waals surface area contributed by atoms with E-state index in [0.29, 0.717) is 0 Å². The highest BCUT2D eigenvalue weighted by molar-refractivity contribution is 6.02. The van der Waals surface area contributed by atoms with E-state index in [0.717, 1.165) is 24.5 Å². The van der Waals surface area contributed by atoms with Gasteiger partial charge in [-0.2, -0.15) is 0 Å². The van der Waals surface area contributed by atoms with E-state index in [-0.39, 0.29) is 0 Å². The number of fused-ring (bicyclic) bond motifs is 2. The Balaban J connectivity index is 1.93. The Kier molecular flexibility index (Phi) is 4.34. The first-order chi connectivity index (χ1) is 10.4. The monoisotopic (exact) mass is 278 g/mol. The van der Waals surface area contributed by atoms with E-state index in [1.54, 1.807) is 0 Å². The van der Waals surface area contributed by atoms with Crippen LogP contribution in [0.3, 0.4) is 0 Å². The summed E-state index contributed by atoms with van der Waals surface area (Å²) in [6, 6.07) is 17.0. The fraction of sp³-hybridized carbons (Fsp3) is 0.316. The summed E-state index contributed by atoms with van der Waals surface area (Å²) >= 11 is 0. The van der Waals surface area contributed by atoms with Gasteiger partial charge in [0, 0.05) is 18.5 Å². The lowest BCUT2D eigenvalue weighted by Gasteiger charge is -2.11. The van der Waals surface area contributed by atoms with Crippen molar-refractivity contribution in [3.8, 4) is 0 Å². The lowest BCUT2D eigenvalue weighted by molar-refractivity contribution is 0.696. The highest BCUT2D eigenvalue weighted by atomic mass is 15.0. The summed E-state index contributed by atoms with van der Waals surface area (Å²) in [5, 5.41) is 3.54. The van der Waals surface area contributed by atoms with Gasteiger partial charge < -0.3 is 5.32 Å². The normalized spacial score (nSPS) is 12.9. The van der Waals surface area contributed by atoms with Gasteiger partial charge in [0.2, 0.25) is 0 Å². The zero-order chi connectivity index (χ0) is 14.5. The standard InChI is InChI=1S/C19H22N2/c1-2-3-8-13-20-19-17-11-6-4-9-15(17)14-16-10-5-7-12-18(16)21-19/h4-7,9-12H,2-3,8,13-14H2,1H3,(H,20,21). The van der Waals surface area contributed by atoms with Crippen LogP contribution in [0, 0.1) is 0 Å². The van der Waals surface area contributed by atoms with Gasteiger partial charge in [-0.15, -0.1) is 0 Å². The molecule has 0 fully saturated rings. The van der Waals surface area contributed by atoms with E-state index in [9.17, 15) is 0 Å². The van der Waals surface area contributed by atoms with Gasteiger partial charge in [-0.1, -0.05) is 62.2 Å². The first kappa shape index (κ1) is 13.9. The minimum absolute atomic E-state index is 0.954. The van der Waals surface area contributed by atoms with Crippen molar-refractivity contribution < 1.29 is 0 Å². The second-order valence-electron chi connectivity index (χ2n) is 5.56. The Morgan fingerprint density at radius 2 is 1.71 bits per heavy atom. The molecule has 0 saturated heterocycles. The van der Waals surface area contributed by atoms with Crippen LogP contribution >= 0.6 is 0 Å². The van der Waals surface area contributed by atoms with Gasteiger partial charge >= 0.3 is 0 Å². The summed E-state index contributed by atoms with van der Waals surface area (Å²) in [5.74, 6) is 1.02. The Labute approximate surface area is 126 Å². The van der Waals surface area contributed by atoms with Crippen molar-refractivity contribution in [2.24, 2.45) is 4.99 Å². The number of benzene rings is 2. The molecule has 2 nitrogen and oxygen atoms in total. The van der Waals surface area contributed by atoms with Crippen LogP contribution in [0.4, 0.5) is 5.69 Å². The van der Waals surface area contributed by atoms with E-state index < -0.39 is 0 Å². The first-order valence-corrected chi connectivity index (χ1v) is 7.87. The number of nitrogens with zero attached hydrogens (tertiary/aromatic N) is 1. The van der Waals surface area contributed by atoms with Crippen LogP contribution in [0.5, 0.6) is 0 Å². The Morgan fingerprint density at radius 1 is 0.952 bits per heavy atom. The van der Waals surface area contributed by atoms with E-state index in [1.807, 2.05) is 0 Å². The number of rotatable bonds is 4. The van der Waals surface area contributed by atoms with E-state index >= 15 is 0 Å². The number of aliphatic imine (C=N–C) groups is 1. The Bertz CT molecular complexity index is 644. The van der Waals surface area contributed by atoms with Crippen LogP contribution in [-0.4, -0.2) is 12.4 Å². The first-order valence-electron chi connectivity index (χ1n) is 7.87. The molecule has 0 aliphatic carbocycles.